The van der Waals surface area contributed by atoms with Gasteiger partial charge in [0.25, 0.3) is 5.91 Å². The monoisotopic (exact) mass is 584 g/mol. The predicted molar refractivity (Wildman–Crippen MR) is 153 cm³/mol. The summed E-state index contributed by atoms with van der Waals surface area (Å²) < 4.78 is 69.7. The minimum atomic E-state index is -3.90. The molecule has 0 saturated carbocycles. The van der Waals surface area contributed by atoms with E-state index in [9.17, 15) is 22.4 Å². The Labute approximate surface area is 236 Å². The van der Waals surface area contributed by atoms with Crippen molar-refractivity contribution in [3.05, 3.63) is 77.4 Å². The van der Waals surface area contributed by atoms with Crippen LogP contribution in [0.3, 0.4) is 0 Å². The molecule has 1 aromatic heterocycles. The predicted octanol–water partition coefficient (Wildman–Crippen LogP) is 6.51. The van der Waals surface area contributed by atoms with Gasteiger partial charge < -0.3 is 14.5 Å². The Morgan fingerprint density at radius 2 is 1.68 bits per heavy atom. The number of furan rings is 1. The van der Waals surface area contributed by atoms with Crippen LogP contribution >= 0.6 is 0 Å². The molecule has 1 heterocycles. The molecule has 3 aromatic carbocycles. The van der Waals surface area contributed by atoms with Crippen molar-refractivity contribution in [3.8, 4) is 22.5 Å². The first-order valence-electron chi connectivity index (χ1n) is 12.9. The molecule has 0 fully saturated rings. The quantitative estimate of drug-likeness (QED) is 0.228. The van der Waals surface area contributed by atoms with Gasteiger partial charge >= 0.3 is 5.97 Å². The highest BCUT2D eigenvalue weighted by atomic mass is 32.2. The molecule has 0 atom stereocenters. The van der Waals surface area contributed by atoms with Crippen LogP contribution in [0.5, 0.6) is 0 Å². The molecule has 0 saturated heterocycles. The second-order valence-corrected chi connectivity index (χ2v) is 12.2. The van der Waals surface area contributed by atoms with Crippen LogP contribution < -0.4 is 10.0 Å². The topological polar surface area (TPSA) is 115 Å². The number of hydrogen-bond donors (Lipinski definition) is 2. The SMILES string of the molecule is CCCS(=O)(=O)Nc1cc2oc(-c3ccc(F)cc3)c(C(=O)NC)c2c(F)c1-c1cccc(C(=O)OC(C)(C)C)c1. The summed E-state index contributed by atoms with van der Waals surface area (Å²) in [6, 6.07) is 12.3. The molecule has 0 spiro atoms. The smallest absolute Gasteiger partial charge is 0.338 e. The maximum absolute atomic E-state index is 16.7. The zero-order valence-corrected chi connectivity index (χ0v) is 24.0. The van der Waals surface area contributed by atoms with E-state index in [1.165, 1.54) is 61.6 Å². The highest BCUT2D eigenvalue weighted by Crippen LogP contribution is 2.43. The second-order valence-electron chi connectivity index (χ2n) is 10.4. The fourth-order valence-electron chi connectivity index (χ4n) is 4.35. The van der Waals surface area contributed by atoms with Crippen LogP contribution in [-0.2, 0) is 14.8 Å². The van der Waals surface area contributed by atoms with Crippen LogP contribution in [0, 0.1) is 11.6 Å². The Hall–Kier alpha value is -4.25. The third kappa shape index (κ3) is 6.40. The lowest BCUT2D eigenvalue weighted by Crippen LogP contribution is -2.23. The fraction of sp³-hybridized carbons (Fsp3) is 0.267. The number of carbonyl (C=O) groups is 2. The van der Waals surface area contributed by atoms with Crippen LogP contribution in [0.2, 0.25) is 0 Å². The van der Waals surface area contributed by atoms with Crippen LogP contribution in [0.25, 0.3) is 33.4 Å². The van der Waals surface area contributed by atoms with Crippen molar-refractivity contribution in [2.75, 3.05) is 17.5 Å². The normalized spacial score (nSPS) is 11.9. The Morgan fingerprint density at radius 1 is 1.00 bits per heavy atom. The minimum Gasteiger partial charge on any atom is -0.456 e. The van der Waals surface area contributed by atoms with Gasteiger partial charge in [0.05, 0.1) is 28.0 Å². The third-order valence-corrected chi connectivity index (χ3v) is 7.48. The van der Waals surface area contributed by atoms with Crippen molar-refractivity contribution in [2.24, 2.45) is 0 Å². The minimum absolute atomic E-state index is 0.0275. The van der Waals surface area contributed by atoms with Gasteiger partial charge in [0.15, 0.2) is 0 Å². The molecule has 4 rings (SSSR count). The number of anilines is 1. The standard InChI is InChI=1S/C30H30F2N2O6S/c1-6-14-41(37,38)34-21-16-22-24(25(28(35)33-5)27(39-22)17-10-12-20(31)13-11-17)26(32)23(21)18-8-7-9-19(15-18)29(36)40-30(2,3)4/h7-13,15-16,34H,6,14H2,1-5H3,(H,33,35). The lowest BCUT2D eigenvalue weighted by Gasteiger charge is -2.20. The highest BCUT2D eigenvalue weighted by molar-refractivity contribution is 7.92. The maximum Gasteiger partial charge on any atom is 0.338 e. The van der Waals surface area contributed by atoms with Gasteiger partial charge in [0.2, 0.25) is 10.0 Å². The van der Waals surface area contributed by atoms with Crippen molar-refractivity contribution in [3.63, 3.8) is 0 Å². The summed E-state index contributed by atoms with van der Waals surface area (Å²) in [7, 11) is -2.54. The molecule has 0 aliphatic heterocycles. The molecule has 0 unspecified atom stereocenters. The summed E-state index contributed by atoms with van der Waals surface area (Å²) in [6.07, 6.45) is 0.305. The average Bonchev–Trinajstić information content (AvgIpc) is 3.27. The van der Waals surface area contributed by atoms with Crippen molar-refractivity contribution in [1.82, 2.24) is 5.32 Å². The van der Waals surface area contributed by atoms with Gasteiger partial charge in [-0.3, -0.25) is 9.52 Å². The van der Waals surface area contributed by atoms with Crippen molar-refractivity contribution in [1.29, 1.82) is 0 Å². The van der Waals surface area contributed by atoms with Crippen molar-refractivity contribution < 1.29 is 35.9 Å². The van der Waals surface area contributed by atoms with Crippen molar-refractivity contribution in [2.45, 2.75) is 39.7 Å². The van der Waals surface area contributed by atoms with E-state index in [0.717, 1.165) is 0 Å². The van der Waals surface area contributed by atoms with Crippen LogP contribution in [0.15, 0.2) is 59.0 Å². The largest absolute Gasteiger partial charge is 0.456 e. The zero-order valence-electron chi connectivity index (χ0n) is 23.2. The lowest BCUT2D eigenvalue weighted by molar-refractivity contribution is 0.00694. The first-order valence-corrected chi connectivity index (χ1v) is 14.5. The Morgan fingerprint density at radius 3 is 2.29 bits per heavy atom. The van der Waals surface area contributed by atoms with Gasteiger partial charge in [0, 0.05) is 24.2 Å². The molecule has 8 nitrogen and oxygen atoms in total. The molecule has 0 radical (unpaired) electrons. The number of esters is 1. The van der Waals surface area contributed by atoms with Crippen LogP contribution in [0.4, 0.5) is 14.5 Å². The summed E-state index contributed by atoms with van der Waals surface area (Å²) in [5.41, 5.74) is -0.803. The molecule has 216 valence electrons. The van der Waals surface area contributed by atoms with E-state index in [0.29, 0.717) is 12.0 Å². The molecule has 0 bridgehead atoms. The molecule has 1 amide bonds. The fourth-order valence-corrected chi connectivity index (χ4v) is 5.49. The number of fused-ring (bicyclic) bond motifs is 1. The molecule has 41 heavy (non-hydrogen) atoms. The number of hydrogen-bond acceptors (Lipinski definition) is 6. The van der Waals surface area contributed by atoms with Gasteiger partial charge in [-0.05, 0) is 69.2 Å². The molecule has 0 aliphatic carbocycles. The molecule has 0 aliphatic rings. The summed E-state index contributed by atoms with van der Waals surface area (Å²) in [5.74, 6) is -3.05. The summed E-state index contributed by atoms with van der Waals surface area (Å²) in [6.45, 7) is 6.81. The van der Waals surface area contributed by atoms with Crippen LogP contribution in [0.1, 0.15) is 54.8 Å². The zero-order chi connectivity index (χ0) is 30.1. The van der Waals surface area contributed by atoms with Gasteiger partial charge in [-0.2, -0.15) is 0 Å². The maximum atomic E-state index is 16.7. The van der Waals surface area contributed by atoms with E-state index in [1.807, 2.05) is 0 Å². The number of ether oxygens (including phenoxy) is 1. The molecular weight excluding hydrogens is 554 g/mol. The van der Waals surface area contributed by atoms with Gasteiger partial charge in [0.1, 0.15) is 28.6 Å². The van der Waals surface area contributed by atoms with E-state index >= 15 is 4.39 Å². The number of sulfonamides is 1. The lowest BCUT2D eigenvalue weighted by atomic mass is 9.96. The van der Waals surface area contributed by atoms with Crippen molar-refractivity contribution >= 4 is 38.6 Å². The first-order chi connectivity index (χ1) is 19.2. The average molecular weight is 585 g/mol. The molecule has 2 N–H and O–H groups in total. The molecule has 11 heteroatoms. The Balaban J connectivity index is 2.04. The Kier molecular flexibility index (Phi) is 8.21. The van der Waals surface area contributed by atoms with E-state index in [-0.39, 0.29) is 50.4 Å². The number of rotatable bonds is 8. The summed E-state index contributed by atoms with van der Waals surface area (Å²) >= 11 is 0. The number of carbonyl (C=O) groups excluding carboxylic acids is 2. The highest BCUT2D eigenvalue weighted by Gasteiger charge is 2.29. The van der Waals surface area contributed by atoms with Crippen LogP contribution in [-0.4, -0.2) is 38.7 Å². The first kappa shape index (κ1) is 29.7. The summed E-state index contributed by atoms with van der Waals surface area (Å²) in [4.78, 5) is 25.8. The number of halogens is 2. The van der Waals surface area contributed by atoms with E-state index in [1.54, 1.807) is 27.7 Å². The van der Waals surface area contributed by atoms with Gasteiger partial charge in [-0.1, -0.05) is 19.1 Å². The van der Waals surface area contributed by atoms with E-state index in [2.05, 4.69) is 10.0 Å². The van der Waals surface area contributed by atoms with Gasteiger partial charge in [-0.25, -0.2) is 22.0 Å². The third-order valence-electron chi connectivity index (χ3n) is 6.00. The number of amides is 1. The number of benzene rings is 3. The van der Waals surface area contributed by atoms with E-state index < -0.39 is 39.1 Å². The summed E-state index contributed by atoms with van der Waals surface area (Å²) in [5, 5.41) is 2.26. The number of nitrogens with one attached hydrogen (secondary N) is 2. The Bertz CT molecular complexity index is 1740. The van der Waals surface area contributed by atoms with Gasteiger partial charge in [-0.15, -0.1) is 0 Å². The molecular formula is C30H30F2N2O6S. The molecule has 4 aromatic rings. The second kappa shape index (κ2) is 11.3. The van der Waals surface area contributed by atoms with E-state index in [4.69, 9.17) is 9.15 Å².